The first-order valence-corrected chi connectivity index (χ1v) is 7.65. The standard InChI is InChI=1S/C16H22N2S/c1-17-9-7-15-5-3-4-6-16(15)12-18(2)11-14-8-10-19-13-14/h3-6,8,10,13,17H,7,9,11-12H2,1-2H3. The minimum absolute atomic E-state index is 1.01. The van der Waals surface area contributed by atoms with Crippen LogP contribution in [0.15, 0.2) is 41.1 Å². The number of nitrogens with one attached hydrogen (secondary N) is 1. The zero-order valence-electron chi connectivity index (χ0n) is 11.7. The molecular weight excluding hydrogens is 252 g/mol. The third kappa shape index (κ3) is 4.46. The summed E-state index contributed by atoms with van der Waals surface area (Å²) >= 11 is 1.77. The lowest BCUT2D eigenvalue weighted by Gasteiger charge is -2.18. The van der Waals surface area contributed by atoms with Crippen molar-refractivity contribution in [1.29, 1.82) is 0 Å². The second kappa shape index (κ2) is 7.43. The highest BCUT2D eigenvalue weighted by atomic mass is 32.1. The zero-order valence-corrected chi connectivity index (χ0v) is 12.5. The van der Waals surface area contributed by atoms with Crippen molar-refractivity contribution in [2.45, 2.75) is 19.5 Å². The average molecular weight is 274 g/mol. The number of hydrogen-bond donors (Lipinski definition) is 1. The van der Waals surface area contributed by atoms with Crippen molar-refractivity contribution in [2.75, 3.05) is 20.6 Å². The summed E-state index contributed by atoms with van der Waals surface area (Å²) in [6.45, 7) is 3.06. The van der Waals surface area contributed by atoms with E-state index < -0.39 is 0 Å². The molecule has 0 fully saturated rings. The van der Waals surface area contributed by atoms with Crippen LogP contribution in [0, 0.1) is 0 Å². The molecule has 102 valence electrons. The van der Waals surface area contributed by atoms with Gasteiger partial charge in [-0.2, -0.15) is 11.3 Å². The Balaban J connectivity index is 1.97. The lowest BCUT2D eigenvalue weighted by Crippen LogP contribution is -2.19. The molecule has 1 heterocycles. The van der Waals surface area contributed by atoms with Crippen LogP contribution in [0.1, 0.15) is 16.7 Å². The Morgan fingerprint density at radius 2 is 1.89 bits per heavy atom. The molecule has 0 spiro atoms. The van der Waals surface area contributed by atoms with Crippen LogP contribution < -0.4 is 5.32 Å². The Labute approximate surface area is 120 Å². The number of benzene rings is 1. The molecule has 19 heavy (non-hydrogen) atoms. The monoisotopic (exact) mass is 274 g/mol. The molecule has 2 aromatic rings. The number of hydrogen-bond acceptors (Lipinski definition) is 3. The van der Waals surface area contributed by atoms with Gasteiger partial charge in [0.15, 0.2) is 0 Å². The van der Waals surface area contributed by atoms with E-state index in [9.17, 15) is 0 Å². The van der Waals surface area contributed by atoms with E-state index in [1.165, 1.54) is 16.7 Å². The first kappa shape index (κ1) is 14.3. The van der Waals surface area contributed by atoms with Crippen LogP contribution in [0.2, 0.25) is 0 Å². The first-order chi connectivity index (χ1) is 9.29. The summed E-state index contributed by atoms with van der Waals surface area (Å²) in [6.07, 6.45) is 1.10. The van der Waals surface area contributed by atoms with Gasteiger partial charge in [0.05, 0.1) is 0 Å². The molecule has 0 bridgehead atoms. The predicted molar refractivity (Wildman–Crippen MR) is 83.6 cm³/mol. The molecule has 0 saturated carbocycles. The van der Waals surface area contributed by atoms with Crippen molar-refractivity contribution in [3.63, 3.8) is 0 Å². The summed E-state index contributed by atoms with van der Waals surface area (Å²) in [5.41, 5.74) is 4.30. The Hall–Kier alpha value is -1.16. The summed E-state index contributed by atoms with van der Waals surface area (Å²) in [5.74, 6) is 0. The minimum atomic E-state index is 1.01. The molecule has 1 aromatic heterocycles. The molecule has 0 aliphatic carbocycles. The largest absolute Gasteiger partial charge is 0.319 e. The van der Waals surface area contributed by atoms with E-state index in [-0.39, 0.29) is 0 Å². The fraction of sp³-hybridized carbons (Fsp3) is 0.375. The minimum Gasteiger partial charge on any atom is -0.319 e. The number of nitrogens with zero attached hydrogens (tertiary/aromatic N) is 1. The Kier molecular flexibility index (Phi) is 5.58. The molecule has 2 rings (SSSR count). The van der Waals surface area contributed by atoms with E-state index >= 15 is 0 Å². The van der Waals surface area contributed by atoms with E-state index in [1.54, 1.807) is 11.3 Å². The molecular formula is C16H22N2S. The topological polar surface area (TPSA) is 15.3 Å². The maximum absolute atomic E-state index is 3.22. The summed E-state index contributed by atoms with van der Waals surface area (Å²) in [7, 11) is 4.19. The van der Waals surface area contributed by atoms with Gasteiger partial charge in [-0.25, -0.2) is 0 Å². The third-order valence-electron chi connectivity index (χ3n) is 3.24. The molecule has 0 radical (unpaired) electrons. The molecule has 0 atom stereocenters. The van der Waals surface area contributed by atoms with E-state index in [0.717, 1.165) is 26.1 Å². The maximum atomic E-state index is 3.22. The van der Waals surface area contributed by atoms with Crippen LogP contribution in [0.3, 0.4) is 0 Å². The Bertz CT molecular complexity index is 479. The molecule has 0 aliphatic rings. The van der Waals surface area contributed by atoms with Gasteiger partial charge in [-0.3, -0.25) is 4.90 Å². The second-order valence-corrected chi connectivity index (χ2v) is 5.71. The highest BCUT2D eigenvalue weighted by molar-refractivity contribution is 7.07. The maximum Gasteiger partial charge on any atom is 0.0242 e. The quantitative estimate of drug-likeness (QED) is 0.834. The normalized spacial score (nSPS) is 11.1. The van der Waals surface area contributed by atoms with Gasteiger partial charge in [-0.05, 0) is 60.6 Å². The fourth-order valence-electron chi connectivity index (χ4n) is 2.26. The van der Waals surface area contributed by atoms with Crippen LogP contribution in [0.5, 0.6) is 0 Å². The molecule has 1 aromatic carbocycles. The molecule has 1 N–H and O–H groups in total. The van der Waals surface area contributed by atoms with Crippen molar-refractivity contribution < 1.29 is 0 Å². The van der Waals surface area contributed by atoms with Crippen LogP contribution in [-0.4, -0.2) is 25.5 Å². The van der Waals surface area contributed by atoms with Crippen LogP contribution in [0.25, 0.3) is 0 Å². The third-order valence-corrected chi connectivity index (χ3v) is 3.97. The molecule has 0 unspecified atom stereocenters. The Morgan fingerprint density at radius 1 is 1.11 bits per heavy atom. The lowest BCUT2D eigenvalue weighted by molar-refractivity contribution is 0.318. The number of thiophene rings is 1. The highest BCUT2D eigenvalue weighted by Gasteiger charge is 2.06. The van der Waals surface area contributed by atoms with Crippen molar-refractivity contribution in [2.24, 2.45) is 0 Å². The van der Waals surface area contributed by atoms with Gasteiger partial charge >= 0.3 is 0 Å². The van der Waals surface area contributed by atoms with Gasteiger partial charge in [0.1, 0.15) is 0 Å². The first-order valence-electron chi connectivity index (χ1n) is 6.70. The summed E-state index contributed by atoms with van der Waals surface area (Å²) in [6, 6.07) is 11.0. The molecule has 2 nitrogen and oxygen atoms in total. The van der Waals surface area contributed by atoms with E-state index in [4.69, 9.17) is 0 Å². The summed E-state index contributed by atoms with van der Waals surface area (Å²) in [5, 5.41) is 7.59. The van der Waals surface area contributed by atoms with Crippen LogP contribution in [0.4, 0.5) is 0 Å². The highest BCUT2D eigenvalue weighted by Crippen LogP contribution is 2.14. The molecule has 0 amide bonds. The summed E-state index contributed by atoms with van der Waals surface area (Å²) < 4.78 is 0. The molecule has 3 heteroatoms. The number of likely N-dealkylation sites (N-methyl/N-ethyl adjacent to an activating group) is 1. The van der Waals surface area contributed by atoms with Gasteiger partial charge in [0.2, 0.25) is 0 Å². The van der Waals surface area contributed by atoms with Gasteiger partial charge in [-0.1, -0.05) is 24.3 Å². The van der Waals surface area contributed by atoms with E-state index in [0.29, 0.717) is 0 Å². The van der Waals surface area contributed by atoms with Gasteiger partial charge in [0, 0.05) is 13.1 Å². The van der Waals surface area contributed by atoms with Gasteiger partial charge in [-0.15, -0.1) is 0 Å². The van der Waals surface area contributed by atoms with Crippen LogP contribution in [-0.2, 0) is 19.5 Å². The second-order valence-electron chi connectivity index (χ2n) is 4.93. The van der Waals surface area contributed by atoms with Crippen molar-refractivity contribution >= 4 is 11.3 Å². The molecule has 0 saturated heterocycles. The predicted octanol–water partition coefficient (Wildman–Crippen LogP) is 3.14. The lowest BCUT2D eigenvalue weighted by atomic mass is 10.0. The number of rotatable bonds is 7. The van der Waals surface area contributed by atoms with Crippen molar-refractivity contribution in [3.8, 4) is 0 Å². The fourth-order valence-corrected chi connectivity index (χ4v) is 2.92. The van der Waals surface area contributed by atoms with E-state index in [1.807, 2.05) is 7.05 Å². The SMILES string of the molecule is CNCCc1ccccc1CN(C)Cc1ccsc1. The van der Waals surface area contributed by atoms with Crippen molar-refractivity contribution in [3.05, 3.63) is 57.8 Å². The smallest absolute Gasteiger partial charge is 0.0242 e. The van der Waals surface area contributed by atoms with Gasteiger partial charge in [0.25, 0.3) is 0 Å². The van der Waals surface area contributed by atoms with Gasteiger partial charge < -0.3 is 5.32 Å². The zero-order chi connectivity index (χ0) is 13.5. The summed E-state index contributed by atoms with van der Waals surface area (Å²) in [4.78, 5) is 2.38. The molecule has 0 aliphatic heterocycles. The average Bonchev–Trinajstić information content (AvgIpc) is 2.90. The van der Waals surface area contributed by atoms with Crippen molar-refractivity contribution in [1.82, 2.24) is 10.2 Å². The Morgan fingerprint density at radius 3 is 2.58 bits per heavy atom. The van der Waals surface area contributed by atoms with E-state index in [2.05, 4.69) is 58.4 Å². The van der Waals surface area contributed by atoms with Crippen LogP contribution >= 0.6 is 11.3 Å².